The van der Waals surface area contributed by atoms with Gasteiger partial charge < -0.3 is 10.2 Å². The quantitative estimate of drug-likeness (QED) is 0.815. The molecule has 2 heterocycles. The Morgan fingerprint density at radius 3 is 2.43 bits per heavy atom. The number of aromatic nitrogens is 1. The number of sulfonamides is 1. The van der Waals surface area contributed by atoms with Crippen LogP contribution < -0.4 is 5.32 Å². The summed E-state index contributed by atoms with van der Waals surface area (Å²) in [6.45, 7) is 2.33. The van der Waals surface area contributed by atoms with Crippen LogP contribution in [0.5, 0.6) is 0 Å². The Balaban J connectivity index is 1.65. The lowest BCUT2D eigenvalue weighted by Crippen LogP contribution is -2.47. The van der Waals surface area contributed by atoms with E-state index in [0.717, 1.165) is 12.1 Å². The van der Waals surface area contributed by atoms with E-state index in [1.807, 2.05) is 7.05 Å². The predicted octanol–water partition coefficient (Wildman–Crippen LogP) is 2.65. The normalized spacial score (nSPS) is 16.9. The summed E-state index contributed by atoms with van der Waals surface area (Å²) in [5.74, 6) is 0.384. The highest BCUT2D eigenvalue weighted by molar-refractivity contribution is 7.89. The van der Waals surface area contributed by atoms with Gasteiger partial charge in [0, 0.05) is 38.9 Å². The van der Waals surface area contributed by atoms with E-state index >= 15 is 0 Å². The number of halogens is 3. The molecule has 0 saturated carbocycles. The Morgan fingerprint density at radius 2 is 1.82 bits per heavy atom. The second-order valence-electron chi connectivity index (χ2n) is 6.64. The second-order valence-corrected chi connectivity index (χ2v) is 8.58. The van der Waals surface area contributed by atoms with Gasteiger partial charge in [0.25, 0.3) is 0 Å². The Morgan fingerprint density at radius 1 is 1.11 bits per heavy atom. The van der Waals surface area contributed by atoms with Crippen molar-refractivity contribution < 1.29 is 21.6 Å². The molecule has 0 unspecified atom stereocenters. The molecule has 6 nitrogen and oxygen atoms in total. The molecule has 1 aromatic carbocycles. The molecule has 1 saturated heterocycles. The van der Waals surface area contributed by atoms with Gasteiger partial charge in [-0.15, -0.1) is 0 Å². The first-order chi connectivity index (χ1) is 13.2. The van der Waals surface area contributed by atoms with Crippen molar-refractivity contribution >= 4 is 15.8 Å². The summed E-state index contributed by atoms with van der Waals surface area (Å²) in [7, 11) is -1.66. The third-order valence-electron chi connectivity index (χ3n) is 4.56. The molecule has 10 heteroatoms. The Labute approximate surface area is 162 Å². The molecule has 0 spiro atoms. The molecule has 152 valence electrons. The van der Waals surface area contributed by atoms with Crippen LogP contribution in [0.25, 0.3) is 0 Å². The Hall–Kier alpha value is -2.17. The average molecular weight is 414 g/mol. The number of nitrogens with zero attached hydrogens (tertiary/aromatic N) is 3. The van der Waals surface area contributed by atoms with E-state index in [4.69, 9.17) is 0 Å². The summed E-state index contributed by atoms with van der Waals surface area (Å²) < 4.78 is 65.0. The largest absolute Gasteiger partial charge is 0.416 e. The molecule has 0 radical (unpaired) electrons. The molecule has 0 aliphatic carbocycles. The number of pyridine rings is 1. The SMILES string of the molecule is CN1CCN(S(=O)(=O)c2ccc(NCc3cccc(C(F)(F)F)c3)nc2)CC1. The number of alkyl halides is 3. The van der Waals surface area contributed by atoms with Crippen LogP contribution in [-0.4, -0.2) is 55.8 Å². The smallest absolute Gasteiger partial charge is 0.366 e. The van der Waals surface area contributed by atoms with Crippen LogP contribution in [0.4, 0.5) is 19.0 Å². The first-order valence-electron chi connectivity index (χ1n) is 8.71. The number of likely N-dealkylation sites (N-methyl/N-ethyl adjacent to an activating group) is 1. The van der Waals surface area contributed by atoms with E-state index in [0.29, 0.717) is 37.6 Å². The molecule has 0 amide bonds. The molecule has 1 N–H and O–H groups in total. The summed E-state index contributed by atoms with van der Waals surface area (Å²) in [6.07, 6.45) is -3.13. The van der Waals surface area contributed by atoms with Crippen LogP contribution in [-0.2, 0) is 22.7 Å². The fraction of sp³-hybridized carbons (Fsp3) is 0.389. The molecule has 2 aromatic rings. The molecule has 0 bridgehead atoms. The first kappa shape index (κ1) is 20.6. The Bertz CT molecular complexity index is 909. The molecular weight excluding hydrogens is 393 g/mol. The fourth-order valence-electron chi connectivity index (χ4n) is 2.87. The van der Waals surface area contributed by atoms with Crippen molar-refractivity contribution in [2.24, 2.45) is 0 Å². The van der Waals surface area contributed by atoms with E-state index in [1.54, 1.807) is 6.07 Å². The van der Waals surface area contributed by atoms with Gasteiger partial charge in [-0.2, -0.15) is 17.5 Å². The molecular formula is C18H21F3N4O2S. The molecule has 1 aliphatic rings. The van der Waals surface area contributed by atoms with Gasteiger partial charge in [0.2, 0.25) is 10.0 Å². The molecule has 3 rings (SSSR count). The average Bonchev–Trinajstić information content (AvgIpc) is 2.67. The van der Waals surface area contributed by atoms with Crippen LogP contribution >= 0.6 is 0 Å². The van der Waals surface area contributed by atoms with Crippen molar-refractivity contribution in [2.45, 2.75) is 17.6 Å². The van der Waals surface area contributed by atoms with Gasteiger partial charge in [0.15, 0.2) is 0 Å². The summed E-state index contributed by atoms with van der Waals surface area (Å²) in [4.78, 5) is 6.25. The molecule has 0 atom stereocenters. The standard InChI is InChI=1S/C18H21F3N4O2S/c1-24-7-9-25(10-8-24)28(26,27)16-5-6-17(23-13-16)22-12-14-3-2-4-15(11-14)18(19,20)21/h2-6,11,13H,7-10,12H2,1H3,(H,22,23). The van der Waals surface area contributed by atoms with Crippen LogP contribution in [0.15, 0.2) is 47.5 Å². The van der Waals surface area contributed by atoms with Gasteiger partial charge in [-0.1, -0.05) is 12.1 Å². The zero-order chi connectivity index (χ0) is 20.4. The van der Waals surface area contributed by atoms with Crippen molar-refractivity contribution in [1.29, 1.82) is 0 Å². The number of anilines is 1. The zero-order valence-corrected chi connectivity index (χ0v) is 16.1. The molecule has 1 aromatic heterocycles. The lowest BCUT2D eigenvalue weighted by molar-refractivity contribution is -0.137. The molecule has 1 fully saturated rings. The third-order valence-corrected chi connectivity index (χ3v) is 6.45. The number of piperazine rings is 1. The van der Waals surface area contributed by atoms with E-state index in [1.165, 1.54) is 28.7 Å². The van der Waals surface area contributed by atoms with Crippen molar-refractivity contribution in [1.82, 2.24) is 14.2 Å². The highest BCUT2D eigenvalue weighted by Crippen LogP contribution is 2.29. The van der Waals surface area contributed by atoms with Crippen molar-refractivity contribution in [2.75, 3.05) is 38.5 Å². The maximum atomic E-state index is 12.8. The van der Waals surface area contributed by atoms with Crippen LogP contribution in [0.1, 0.15) is 11.1 Å². The van der Waals surface area contributed by atoms with Gasteiger partial charge in [-0.05, 0) is 36.9 Å². The van der Waals surface area contributed by atoms with Gasteiger partial charge >= 0.3 is 6.18 Å². The summed E-state index contributed by atoms with van der Waals surface area (Å²) in [6, 6.07) is 7.97. The van der Waals surface area contributed by atoms with Gasteiger partial charge in [-0.3, -0.25) is 0 Å². The maximum Gasteiger partial charge on any atom is 0.416 e. The van der Waals surface area contributed by atoms with E-state index in [2.05, 4.69) is 15.2 Å². The number of nitrogens with one attached hydrogen (secondary N) is 1. The van der Waals surface area contributed by atoms with Crippen molar-refractivity contribution in [3.8, 4) is 0 Å². The van der Waals surface area contributed by atoms with Crippen LogP contribution in [0.3, 0.4) is 0 Å². The molecule has 1 aliphatic heterocycles. The van der Waals surface area contributed by atoms with E-state index in [9.17, 15) is 21.6 Å². The minimum atomic E-state index is -4.40. The first-order valence-corrected chi connectivity index (χ1v) is 10.1. The lowest BCUT2D eigenvalue weighted by Gasteiger charge is -2.31. The van der Waals surface area contributed by atoms with Gasteiger partial charge in [0.05, 0.1) is 5.56 Å². The minimum absolute atomic E-state index is 0.0988. The minimum Gasteiger partial charge on any atom is -0.366 e. The van der Waals surface area contributed by atoms with Crippen LogP contribution in [0, 0.1) is 0 Å². The summed E-state index contributed by atoms with van der Waals surface area (Å²) in [5, 5.41) is 2.91. The fourth-order valence-corrected chi connectivity index (χ4v) is 4.23. The predicted molar refractivity (Wildman–Crippen MR) is 99.3 cm³/mol. The van der Waals surface area contributed by atoms with Crippen molar-refractivity contribution in [3.05, 3.63) is 53.7 Å². The topological polar surface area (TPSA) is 65.5 Å². The number of rotatable bonds is 5. The Kier molecular flexibility index (Phi) is 5.92. The van der Waals surface area contributed by atoms with Crippen LogP contribution in [0.2, 0.25) is 0 Å². The molecule has 28 heavy (non-hydrogen) atoms. The zero-order valence-electron chi connectivity index (χ0n) is 15.3. The number of benzene rings is 1. The highest BCUT2D eigenvalue weighted by Gasteiger charge is 2.30. The maximum absolute atomic E-state index is 12.8. The monoisotopic (exact) mass is 414 g/mol. The number of hydrogen-bond acceptors (Lipinski definition) is 5. The highest BCUT2D eigenvalue weighted by atomic mass is 32.2. The second kappa shape index (κ2) is 8.06. The summed E-state index contributed by atoms with van der Waals surface area (Å²) in [5.41, 5.74) is -0.265. The number of hydrogen-bond donors (Lipinski definition) is 1. The van der Waals surface area contributed by atoms with Gasteiger partial charge in [-0.25, -0.2) is 13.4 Å². The summed E-state index contributed by atoms with van der Waals surface area (Å²) >= 11 is 0. The van der Waals surface area contributed by atoms with Crippen molar-refractivity contribution in [3.63, 3.8) is 0 Å². The lowest BCUT2D eigenvalue weighted by atomic mass is 10.1. The third kappa shape index (κ3) is 4.81. The van der Waals surface area contributed by atoms with Gasteiger partial charge in [0.1, 0.15) is 10.7 Å². The van der Waals surface area contributed by atoms with E-state index < -0.39 is 21.8 Å². The van der Waals surface area contributed by atoms with E-state index in [-0.39, 0.29) is 11.4 Å².